The summed E-state index contributed by atoms with van der Waals surface area (Å²) in [6.07, 6.45) is 3.37. The van der Waals surface area contributed by atoms with E-state index in [4.69, 9.17) is 10.5 Å². The lowest BCUT2D eigenvalue weighted by Gasteiger charge is -2.39. The molecule has 0 amide bonds. The quantitative estimate of drug-likeness (QED) is 0.483. The Morgan fingerprint density at radius 1 is 1.47 bits per heavy atom. The van der Waals surface area contributed by atoms with E-state index in [0.29, 0.717) is 12.5 Å². The van der Waals surface area contributed by atoms with Gasteiger partial charge in [-0.1, -0.05) is 12.1 Å². The first-order valence-electron chi connectivity index (χ1n) is 6.32. The molecule has 0 heterocycles. The lowest BCUT2D eigenvalue weighted by Crippen LogP contribution is -2.43. The van der Waals surface area contributed by atoms with Gasteiger partial charge in [0.2, 0.25) is 0 Å². The Balaban J connectivity index is 0.00000180. The monoisotopic (exact) mass is 375 g/mol. The number of ether oxygens (including phenoxy) is 1. The van der Waals surface area contributed by atoms with Crippen molar-refractivity contribution in [1.82, 2.24) is 0 Å². The molecule has 0 bridgehead atoms. The Hall–Kier alpha value is -0.820. The van der Waals surface area contributed by atoms with Crippen LogP contribution in [0.25, 0.3) is 0 Å². The fourth-order valence-electron chi connectivity index (χ4n) is 2.14. The van der Waals surface area contributed by atoms with Crippen LogP contribution in [0.4, 0.5) is 5.69 Å². The lowest BCUT2D eigenvalue weighted by atomic mass is 9.80. The van der Waals surface area contributed by atoms with Crippen LogP contribution in [0.1, 0.15) is 24.8 Å². The molecule has 1 saturated carbocycles. The number of aliphatic imine (C=N–C) groups is 1. The predicted octanol–water partition coefficient (Wildman–Crippen LogP) is 2.91. The maximum Gasteiger partial charge on any atom is 0.193 e. The number of guanidine groups is 1. The van der Waals surface area contributed by atoms with E-state index in [2.05, 4.69) is 10.3 Å². The smallest absolute Gasteiger partial charge is 0.193 e. The largest absolute Gasteiger partial charge is 0.376 e. The van der Waals surface area contributed by atoms with Crippen LogP contribution in [-0.4, -0.2) is 25.2 Å². The number of nitrogens with one attached hydrogen (secondary N) is 1. The fraction of sp³-hybridized carbons (Fsp3) is 0.500. The van der Waals surface area contributed by atoms with Crippen LogP contribution in [0.5, 0.6) is 0 Å². The molecule has 1 fully saturated rings. The Bertz CT molecular complexity index is 439. The first-order chi connectivity index (χ1) is 8.63. The number of hydrogen-bond acceptors (Lipinski definition) is 2. The topological polar surface area (TPSA) is 59.6 Å². The number of nitrogens with two attached hydrogens (primary N) is 1. The highest BCUT2D eigenvalue weighted by Crippen LogP contribution is 2.35. The summed E-state index contributed by atoms with van der Waals surface area (Å²) in [4.78, 5) is 4.37. The summed E-state index contributed by atoms with van der Waals surface area (Å²) in [5.41, 5.74) is 7.97. The van der Waals surface area contributed by atoms with Crippen molar-refractivity contribution < 1.29 is 4.74 Å². The summed E-state index contributed by atoms with van der Waals surface area (Å²) in [5, 5.41) is 3.10. The second kappa shape index (κ2) is 7.09. The minimum Gasteiger partial charge on any atom is -0.376 e. The first-order valence-corrected chi connectivity index (χ1v) is 6.32. The first kappa shape index (κ1) is 16.2. The van der Waals surface area contributed by atoms with Gasteiger partial charge in [0.25, 0.3) is 0 Å². The molecule has 0 atom stereocenters. The maximum atomic E-state index is 5.88. The molecular weight excluding hydrogens is 353 g/mol. The van der Waals surface area contributed by atoms with Gasteiger partial charge in [0, 0.05) is 12.8 Å². The number of methoxy groups -OCH3 is 1. The number of benzene rings is 1. The van der Waals surface area contributed by atoms with Crippen molar-refractivity contribution in [3.8, 4) is 0 Å². The summed E-state index contributed by atoms with van der Waals surface area (Å²) >= 11 is 0. The SMILES string of the molecule is COC1(CN=C(N)Nc2cccc(C)c2)CCC1.I. The van der Waals surface area contributed by atoms with Gasteiger partial charge in [-0.25, -0.2) is 0 Å². The van der Waals surface area contributed by atoms with Gasteiger partial charge in [-0.3, -0.25) is 4.99 Å². The van der Waals surface area contributed by atoms with Crippen LogP contribution in [0.3, 0.4) is 0 Å². The van der Waals surface area contributed by atoms with Gasteiger partial charge in [0.05, 0.1) is 12.1 Å². The standard InChI is InChI=1S/C14H21N3O.HI/c1-11-5-3-6-12(9-11)17-13(15)16-10-14(18-2)7-4-8-14;/h3,5-6,9H,4,7-8,10H2,1-2H3,(H3,15,16,17);1H. The molecule has 3 N–H and O–H groups in total. The molecule has 0 radical (unpaired) electrons. The number of halogens is 1. The van der Waals surface area contributed by atoms with Crippen LogP contribution >= 0.6 is 24.0 Å². The van der Waals surface area contributed by atoms with Crippen molar-refractivity contribution in [3.05, 3.63) is 29.8 Å². The highest BCUT2D eigenvalue weighted by molar-refractivity contribution is 14.0. The Morgan fingerprint density at radius 2 is 2.21 bits per heavy atom. The average molecular weight is 375 g/mol. The van der Waals surface area contributed by atoms with Crippen LogP contribution < -0.4 is 11.1 Å². The van der Waals surface area contributed by atoms with E-state index < -0.39 is 0 Å². The molecule has 1 aliphatic carbocycles. The van der Waals surface area contributed by atoms with Crippen LogP contribution in [-0.2, 0) is 4.74 Å². The van der Waals surface area contributed by atoms with Crippen molar-refractivity contribution in [2.45, 2.75) is 31.8 Å². The second-order valence-corrected chi connectivity index (χ2v) is 4.94. The normalized spacial score (nSPS) is 17.3. The van der Waals surface area contributed by atoms with E-state index in [-0.39, 0.29) is 29.6 Å². The summed E-state index contributed by atoms with van der Waals surface area (Å²) in [6, 6.07) is 8.06. The molecule has 5 heteroatoms. The summed E-state index contributed by atoms with van der Waals surface area (Å²) < 4.78 is 5.50. The van der Waals surface area contributed by atoms with E-state index in [1.54, 1.807) is 7.11 Å². The zero-order chi connectivity index (χ0) is 13.0. The summed E-state index contributed by atoms with van der Waals surface area (Å²) in [5.74, 6) is 0.448. The molecule has 4 nitrogen and oxygen atoms in total. The Labute approximate surface area is 131 Å². The van der Waals surface area contributed by atoms with Crippen molar-refractivity contribution in [2.75, 3.05) is 19.0 Å². The fourth-order valence-corrected chi connectivity index (χ4v) is 2.14. The highest BCUT2D eigenvalue weighted by Gasteiger charge is 2.36. The zero-order valence-electron chi connectivity index (χ0n) is 11.5. The number of hydrogen-bond donors (Lipinski definition) is 2. The highest BCUT2D eigenvalue weighted by atomic mass is 127. The number of anilines is 1. The second-order valence-electron chi connectivity index (χ2n) is 4.94. The van der Waals surface area contributed by atoms with Gasteiger partial charge in [0.15, 0.2) is 5.96 Å². The van der Waals surface area contributed by atoms with Crippen LogP contribution in [0, 0.1) is 6.92 Å². The number of rotatable bonds is 4. The van der Waals surface area contributed by atoms with E-state index in [9.17, 15) is 0 Å². The average Bonchev–Trinajstić information content (AvgIpc) is 2.28. The molecule has 2 rings (SSSR count). The van der Waals surface area contributed by atoms with E-state index >= 15 is 0 Å². The number of nitrogens with zero attached hydrogens (tertiary/aromatic N) is 1. The van der Waals surface area contributed by atoms with E-state index in [1.807, 2.05) is 31.2 Å². The molecular formula is C14H22IN3O. The molecule has 0 saturated heterocycles. The molecule has 0 unspecified atom stereocenters. The van der Waals surface area contributed by atoms with Gasteiger partial charge in [0.1, 0.15) is 0 Å². The van der Waals surface area contributed by atoms with Crippen LogP contribution in [0.15, 0.2) is 29.3 Å². The summed E-state index contributed by atoms with van der Waals surface area (Å²) in [6.45, 7) is 2.68. The van der Waals surface area contributed by atoms with Gasteiger partial charge in [-0.2, -0.15) is 0 Å². The van der Waals surface area contributed by atoms with Crippen molar-refractivity contribution in [1.29, 1.82) is 0 Å². The molecule has 106 valence electrons. The van der Waals surface area contributed by atoms with Crippen molar-refractivity contribution >= 4 is 35.6 Å². The molecule has 0 aliphatic heterocycles. The van der Waals surface area contributed by atoms with Gasteiger partial charge >= 0.3 is 0 Å². The molecule has 1 aliphatic rings. The predicted molar refractivity (Wildman–Crippen MR) is 90.3 cm³/mol. The van der Waals surface area contributed by atoms with Crippen LogP contribution in [0.2, 0.25) is 0 Å². The third-order valence-electron chi connectivity index (χ3n) is 3.53. The van der Waals surface area contributed by atoms with Gasteiger partial charge < -0.3 is 15.8 Å². The van der Waals surface area contributed by atoms with Crippen molar-refractivity contribution in [3.63, 3.8) is 0 Å². The third-order valence-corrected chi connectivity index (χ3v) is 3.53. The van der Waals surface area contributed by atoms with E-state index in [0.717, 1.165) is 18.5 Å². The van der Waals surface area contributed by atoms with Crippen molar-refractivity contribution in [2.24, 2.45) is 10.7 Å². The molecule has 1 aromatic rings. The minimum absolute atomic E-state index is 0. The zero-order valence-corrected chi connectivity index (χ0v) is 13.8. The molecule has 0 aromatic heterocycles. The maximum absolute atomic E-state index is 5.88. The number of aryl methyl sites for hydroxylation is 1. The molecule has 0 spiro atoms. The van der Waals surface area contributed by atoms with Gasteiger partial charge in [-0.15, -0.1) is 24.0 Å². The summed E-state index contributed by atoms with van der Waals surface area (Å²) in [7, 11) is 1.75. The Kier molecular flexibility index (Phi) is 6.06. The molecule has 19 heavy (non-hydrogen) atoms. The Morgan fingerprint density at radius 3 is 2.74 bits per heavy atom. The minimum atomic E-state index is -0.0705. The lowest BCUT2D eigenvalue weighted by molar-refractivity contribution is -0.0629. The van der Waals surface area contributed by atoms with Gasteiger partial charge in [-0.05, 0) is 43.9 Å². The molecule has 1 aromatic carbocycles. The van der Waals surface area contributed by atoms with E-state index in [1.165, 1.54) is 12.0 Å². The third kappa shape index (κ3) is 4.35.